The van der Waals surface area contributed by atoms with E-state index >= 15 is 0 Å². The molecule has 1 fully saturated rings. The van der Waals surface area contributed by atoms with E-state index in [2.05, 4.69) is 54.5 Å². The molecule has 1 aliphatic heterocycles. The van der Waals surface area contributed by atoms with E-state index in [4.69, 9.17) is 0 Å². The van der Waals surface area contributed by atoms with Crippen LogP contribution in [0.1, 0.15) is 34.4 Å². The number of nitrogens with zero attached hydrogens (tertiary/aromatic N) is 6. The number of aromatic amines is 1. The highest BCUT2D eigenvalue weighted by molar-refractivity contribution is 7.18. The monoisotopic (exact) mass is 540 g/mol. The average Bonchev–Trinajstić information content (AvgIpc) is 3.62. The van der Waals surface area contributed by atoms with Gasteiger partial charge in [0.25, 0.3) is 0 Å². The number of fused-ring (bicyclic) bond motifs is 2. The van der Waals surface area contributed by atoms with Gasteiger partial charge < -0.3 is 5.32 Å². The largest absolute Gasteiger partial charge is 0.393 e. The quantitative estimate of drug-likeness (QED) is 0.291. The molecule has 0 bridgehead atoms. The van der Waals surface area contributed by atoms with Gasteiger partial charge in [-0.25, -0.2) is 9.97 Å². The first-order valence-corrected chi connectivity index (χ1v) is 13.3. The van der Waals surface area contributed by atoms with Crippen molar-refractivity contribution in [1.82, 2.24) is 34.8 Å². The molecule has 0 unspecified atom stereocenters. The molecule has 5 heterocycles. The summed E-state index contributed by atoms with van der Waals surface area (Å²) in [5.41, 5.74) is 4.73. The van der Waals surface area contributed by atoms with E-state index in [9.17, 15) is 13.2 Å². The number of alkyl halides is 3. The van der Waals surface area contributed by atoms with E-state index in [1.54, 1.807) is 6.07 Å². The van der Waals surface area contributed by atoms with Crippen LogP contribution >= 0.6 is 11.3 Å². The van der Waals surface area contributed by atoms with Gasteiger partial charge in [-0.05, 0) is 43.0 Å². The van der Waals surface area contributed by atoms with Gasteiger partial charge in [-0.2, -0.15) is 23.4 Å². The average molecular weight is 541 g/mol. The smallest absolute Gasteiger partial charge is 0.367 e. The van der Waals surface area contributed by atoms with Gasteiger partial charge in [0.1, 0.15) is 17.0 Å². The number of aromatic nitrogens is 6. The number of nitrogens with one attached hydrogen (secondary N) is 2. The molecule has 198 valence electrons. The second-order valence-electron chi connectivity index (χ2n) is 9.83. The first kappa shape index (κ1) is 24.8. The topological polar surface area (TPSA) is 87.5 Å². The zero-order valence-electron chi connectivity index (χ0n) is 20.8. The van der Waals surface area contributed by atoms with E-state index in [-0.39, 0.29) is 10.9 Å². The third kappa shape index (κ3) is 5.23. The molecule has 4 aromatic heterocycles. The predicted octanol–water partition coefficient (Wildman–Crippen LogP) is 5.30. The van der Waals surface area contributed by atoms with Crippen molar-refractivity contribution in [2.24, 2.45) is 0 Å². The maximum atomic E-state index is 12.9. The second-order valence-corrected chi connectivity index (χ2v) is 10.9. The van der Waals surface area contributed by atoms with Crippen molar-refractivity contribution < 1.29 is 13.2 Å². The molecule has 0 aliphatic carbocycles. The van der Waals surface area contributed by atoms with Crippen LogP contribution in [0.4, 0.5) is 19.0 Å². The minimum atomic E-state index is -4.24. The number of aryl methyl sites for hydroxylation is 1. The van der Waals surface area contributed by atoms with Crippen molar-refractivity contribution in [3.05, 3.63) is 64.7 Å². The number of likely N-dealkylation sites (tertiary alicyclic amines) is 1. The van der Waals surface area contributed by atoms with Gasteiger partial charge in [0.2, 0.25) is 0 Å². The van der Waals surface area contributed by atoms with E-state index in [1.807, 2.05) is 23.3 Å². The Kier molecular flexibility index (Phi) is 6.52. The second kappa shape index (κ2) is 9.99. The van der Waals surface area contributed by atoms with Crippen molar-refractivity contribution in [2.75, 3.05) is 18.4 Å². The molecule has 0 radical (unpaired) electrons. The maximum absolute atomic E-state index is 12.9. The van der Waals surface area contributed by atoms with Crippen LogP contribution in [0.2, 0.25) is 0 Å². The fourth-order valence-electron chi connectivity index (χ4n) is 5.15. The summed E-state index contributed by atoms with van der Waals surface area (Å²) >= 11 is 1.08. The zero-order chi connectivity index (χ0) is 26.3. The van der Waals surface area contributed by atoms with Crippen molar-refractivity contribution in [3.8, 4) is 0 Å². The lowest BCUT2D eigenvalue weighted by Crippen LogP contribution is -2.39. The molecular formula is C26H27F3N8S. The Morgan fingerprint density at radius 1 is 1.11 bits per heavy atom. The lowest BCUT2D eigenvalue weighted by molar-refractivity contribution is -0.126. The Morgan fingerprint density at radius 2 is 1.95 bits per heavy atom. The van der Waals surface area contributed by atoms with Crippen LogP contribution in [0.5, 0.6) is 0 Å². The van der Waals surface area contributed by atoms with Crippen LogP contribution in [0.3, 0.4) is 0 Å². The zero-order valence-corrected chi connectivity index (χ0v) is 21.6. The van der Waals surface area contributed by atoms with Crippen molar-refractivity contribution >= 4 is 38.3 Å². The van der Waals surface area contributed by atoms with Gasteiger partial charge in [0.15, 0.2) is 0 Å². The van der Waals surface area contributed by atoms with Gasteiger partial charge in [0, 0.05) is 47.7 Å². The summed E-state index contributed by atoms with van der Waals surface area (Å²) in [6, 6.07) is 6.12. The van der Waals surface area contributed by atoms with Crippen LogP contribution < -0.4 is 5.32 Å². The summed E-state index contributed by atoms with van der Waals surface area (Å²) in [6.45, 7) is 5.54. The standard InChI is InChI=1S/C26H27F3N8S/c1-16-18(2-3-23-22(16)12-34-37(23)13-17-10-32-33-11-17)14-36-6-4-19(5-7-36)35-24-21-8-20(9-26(27,28)29)38-25(21)31-15-30-24/h2-3,8,10-12,15,19H,4-7,9,13-14H2,1H3,(H,32,33)(H,30,31,35). The molecule has 12 heteroatoms. The van der Waals surface area contributed by atoms with Crippen molar-refractivity contribution in [2.45, 2.75) is 51.5 Å². The Hall–Kier alpha value is -3.51. The predicted molar refractivity (Wildman–Crippen MR) is 141 cm³/mol. The summed E-state index contributed by atoms with van der Waals surface area (Å²) in [7, 11) is 0. The van der Waals surface area contributed by atoms with E-state index in [1.165, 1.54) is 17.5 Å². The highest BCUT2D eigenvalue weighted by Gasteiger charge is 2.29. The summed E-state index contributed by atoms with van der Waals surface area (Å²) in [6.07, 6.45) is 3.73. The SMILES string of the molecule is Cc1c(CN2CCC(Nc3ncnc4sc(CC(F)(F)F)cc34)CC2)ccc2c1cnn2Cc1cn[nH]c1. The molecule has 6 rings (SSSR count). The molecule has 0 atom stereocenters. The highest BCUT2D eigenvalue weighted by atomic mass is 32.1. The fourth-order valence-corrected chi connectivity index (χ4v) is 6.17. The van der Waals surface area contributed by atoms with Crippen molar-refractivity contribution in [1.29, 1.82) is 0 Å². The molecule has 5 aromatic rings. The molecule has 0 saturated carbocycles. The number of H-pyrrole nitrogens is 1. The molecular weight excluding hydrogens is 513 g/mol. The van der Waals surface area contributed by atoms with Crippen LogP contribution in [-0.2, 0) is 19.5 Å². The van der Waals surface area contributed by atoms with Gasteiger partial charge in [0.05, 0.1) is 36.3 Å². The van der Waals surface area contributed by atoms with Crippen LogP contribution in [0, 0.1) is 6.92 Å². The van der Waals surface area contributed by atoms with Gasteiger partial charge in [-0.3, -0.25) is 14.7 Å². The minimum Gasteiger partial charge on any atom is -0.367 e. The summed E-state index contributed by atoms with van der Waals surface area (Å²) in [5, 5.41) is 16.8. The fraction of sp³-hybridized carbons (Fsp3) is 0.385. The Balaban J connectivity index is 1.09. The number of hydrogen-bond donors (Lipinski definition) is 2. The summed E-state index contributed by atoms with van der Waals surface area (Å²) in [5.74, 6) is 0.617. The normalized spacial score (nSPS) is 15.6. The summed E-state index contributed by atoms with van der Waals surface area (Å²) < 4.78 is 40.6. The van der Waals surface area contributed by atoms with Crippen LogP contribution in [0.15, 0.2) is 43.1 Å². The van der Waals surface area contributed by atoms with Gasteiger partial charge in [-0.15, -0.1) is 11.3 Å². The lowest BCUT2D eigenvalue weighted by atomic mass is 10.0. The number of anilines is 1. The molecule has 1 aromatic carbocycles. The third-order valence-electron chi connectivity index (χ3n) is 7.17. The summed E-state index contributed by atoms with van der Waals surface area (Å²) in [4.78, 5) is 11.8. The maximum Gasteiger partial charge on any atom is 0.393 e. The van der Waals surface area contributed by atoms with Crippen LogP contribution in [-0.4, -0.2) is 60.2 Å². The molecule has 0 spiro atoms. The number of piperidine rings is 1. The molecule has 38 heavy (non-hydrogen) atoms. The van der Waals surface area contributed by atoms with Gasteiger partial charge in [-0.1, -0.05) is 6.07 Å². The highest BCUT2D eigenvalue weighted by Crippen LogP contribution is 2.33. The van der Waals surface area contributed by atoms with Crippen molar-refractivity contribution in [3.63, 3.8) is 0 Å². The number of halogens is 3. The van der Waals surface area contributed by atoms with E-state index in [0.717, 1.165) is 60.3 Å². The first-order valence-electron chi connectivity index (χ1n) is 12.5. The number of rotatable bonds is 7. The van der Waals surface area contributed by atoms with Gasteiger partial charge >= 0.3 is 6.18 Å². The number of benzene rings is 1. The Morgan fingerprint density at radius 3 is 2.71 bits per heavy atom. The molecule has 8 nitrogen and oxygen atoms in total. The van der Waals surface area contributed by atoms with E-state index in [0.29, 0.717) is 22.6 Å². The number of hydrogen-bond acceptors (Lipinski definition) is 7. The Bertz CT molecular complexity index is 1550. The molecule has 1 saturated heterocycles. The third-order valence-corrected chi connectivity index (χ3v) is 8.22. The Labute approximate surface area is 220 Å². The minimum absolute atomic E-state index is 0.208. The molecule has 1 aliphatic rings. The lowest BCUT2D eigenvalue weighted by Gasteiger charge is -2.33. The number of thiophene rings is 1. The van der Waals surface area contributed by atoms with E-state index < -0.39 is 12.6 Å². The molecule has 2 N–H and O–H groups in total. The molecule has 0 amide bonds. The first-order chi connectivity index (χ1) is 18.3. The van der Waals surface area contributed by atoms with Crippen LogP contribution in [0.25, 0.3) is 21.1 Å².